The van der Waals surface area contributed by atoms with Gasteiger partial charge in [0.15, 0.2) is 0 Å². The van der Waals surface area contributed by atoms with Crippen molar-refractivity contribution in [2.24, 2.45) is 0 Å². The van der Waals surface area contributed by atoms with Crippen LogP contribution in [0.4, 0.5) is 0 Å². The molecule has 0 spiro atoms. The van der Waals surface area contributed by atoms with Crippen LogP contribution in [0.5, 0.6) is 5.75 Å². The van der Waals surface area contributed by atoms with Crippen molar-refractivity contribution in [2.45, 2.75) is 25.6 Å². The van der Waals surface area contributed by atoms with E-state index in [1.807, 2.05) is 0 Å². The number of aliphatic hydroxyl groups excluding tert-OH is 1. The average molecular weight is 238 g/mol. The molecule has 1 aliphatic rings. The smallest absolute Gasteiger partial charge is 0.342 e. The Hall–Kier alpha value is -1.59. The van der Waals surface area contributed by atoms with Crippen molar-refractivity contribution in [2.75, 3.05) is 6.61 Å². The number of hydrogen-bond donors (Lipinski definition) is 3. The van der Waals surface area contributed by atoms with Crippen molar-refractivity contribution >= 4 is 5.97 Å². The van der Waals surface area contributed by atoms with Crippen LogP contribution < -0.4 is 0 Å². The summed E-state index contributed by atoms with van der Waals surface area (Å²) in [5, 5.41) is 29.4. The third kappa shape index (κ3) is 1.50. The van der Waals surface area contributed by atoms with Crippen molar-refractivity contribution in [3.8, 4) is 5.75 Å². The first-order valence-electron chi connectivity index (χ1n) is 5.29. The van der Waals surface area contributed by atoms with Crippen LogP contribution >= 0.6 is 0 Å². The summed E-state index contributed by atoms with van der Waals surface area (Å²) < 4.78 is 4.95. The maximum atomic E-state index is 11.7. The molecule has 17 heavy (non-hydrogen) atoms. The molecule has 0 fully saturated rings. The summed E-state index contributed by atoms with van der Waals surface area (Å²) in [7, 11) is 0. The molecule has 0 amide bonds. The second kappa shape index (κ2) is 3.72. The fourth-order valence-electron chi connectivity index (χ4n) is 2.01. The number of aromatic hydroxyl groups is 1. The molecule has 5 nitrogen and oxygen atoms in total. The zero-order valence-corrected chi connectivity index (χ0v) is 9.60. The Morgan fingerprint density at radius 3 is 2.71 bits per heavy atom. The summed E-state index contributed by atoms with van der Waals surface area (Å²) in [6.07, 6.45) is -0.866. The van der Waals surface area contributed by atoms with Crippen LogP contribution in [0.15, 0.2) is 12.1 Å². The number of hydrogen-bond acceptors (Lipinski definition) is 5. The number of carbonyl (C=O) groups excluding carboxylic acids is 1. The third-order valence-electron chi connectivity index (χ3n) is 3.25. The van der Waals surface area contributed by atoms with Crippen LogP contribution in [-0.2, 0) is 10.3 Å². The molecule has 92 valence electrons. The predicted octanol–water partition coefficient (Wildman–Crippen LogP) is 0.439. The highest BCUT2D eigenvalue weighted by molar-refractivity contribution is 5.96. The van der Waals surface area contributed by atoms with E-state index in [4.69, 9.17) is 4.74 Å². The van der Waals surface area contributed by atoms with Crippen LogP contribution in [0, 0.1) is 6.92 Å². The molecule has 5 heteroatoms. The Balaban J connectivity index is 2.73. The van der Waals surface area contributed by atoms with Crippen LogP contribution in [-0.4, -0.2) is 34.0 Å². The van der Waals surface area contributed by atoms with Gasteiger partial charge < -0.3 is 20.1 Å². The van der Waals surface area contributed by atoms with E-state index in [0.29, 0.717) is 5.56 Å². The molecule has 0 saturated carbocycles. The van der Waals surface area contributed by atoms with Gasteiger partial charge in [0.25, 0.3) is 0 Å². The molecular formula is C12H14O5. The quantitative estimate of drug-likeness (QED) is 0.618. The molecular weight excluding hydrogens is 224 g/mol. The molecule has 1 aliphatic heterocycles. The number of rotatable bonds is 1. The minimum atomic E-state index is -1.67. The fraction of sp³-hybridized carbons (Fsp3) is 0.417. The number of aryl methyl sites for hydroxylation is 1. The molecule has 0 radical (unpaired) electrons. The fourth-order valence-corrected chi connectivity index (χ4v) is 2.01. The van der Waals surface area contributed by atoms with Gasteiger partial charge in [0.05, 0.1) is 6.61 Å². The van der Waals surface area contributed by atoms with Gasteiger partial charge in [0, 0.05) is 5.56 Å². The molecule has 2 atom stereocenters. The van der Waals surface area contributed by atoms with Crippen LogP contribution in [0.25, 0.3) is 0 Å². The maximum absolute atomic E-state index is 11.7. The lowest BCUT2D eigenvalue weighted by Gasteiger charge is -2.37. The summed E-state index contributed by atoms with van der Waals surface area (Å²) in [5.74, 6) is -0.905. The molecule has 1 aromatic rings. The van der Waals surface area contributed by atoms with Crippen LogP contribution in [0.1, 0.15) is 28.4 Å². The Labute approximate surface area is 98.3 Å². The predicted molar refractivity (Wildman–Crippen MR) is 58.7 cm³/mol. The third-order valence-corrected chi connectivity index (χ3v) is 3.25. The summed E-state index contributed by atoms with van der Waals surface area (Å²) in [4.78, 5) is 11.7. The normalized spacial score (nSPS) is 27.5. The SMILES string of the molecule is Cc1ccc2c(c1O)C(=O)OC(C)C2(O)CO. The highest BCUT2D eigenvalue weighted by Crippen LogP contribution is 2.39. The van der Waals surface area contributed by atoms with Gasteiger partial charge in [-0.25, -0.2) is 4.79 Å². The van der Waals surface area contributed by atoms with Crippen molar-refractivity contribution in [3.63, 3.8) is 0 Å². The number of phenols is 1. The summed E-state index contributed by atoms with van der Waals surface area (Å²) in [5.41, 5.74) is -1.03. The second-order valence-electron chi connectivity index (χ2n) is 4.28. The zero-order valence-electron chi connectivity index (χ0n) is 9.60. The second-order valence-corrected chi connectivity index (χ2v) is 4.28. The van der Waals surface area contributed by atoms with Crippen molar-refractivity contribution in [1.29, 1.82) is 0 Å². The van der Waals surface area contributed by atoms with E-state index in [1.165, 1.54) is 13.0 Å². The first-order chi connectivity index (χ1) is 7.91. The monoisotopic (exact) mass is 238 g/mol. The van der Waals surface area contributed by atoms with E-state index < -0.39 is 24.3 Å². The molecule has 0 saturated heterocycles. The molecule has 1 aromatic carbocycles. The van der Waals surface area contributed by atoms with Gasteiger partial charge >= 0.3 is 5.97 Å². The summed E-state index contributed by atoms with van der Waals surface area (Å²) in [6, 6.07) is 3.11. The van der Waals surface area contributed by atoms with Crippen molar-refractivity contribution in [3.05, 3.63) is 28.8 Å². The van der Waals surface area contributed by atoms with E-state index >= 15 is 0 Å². The van der Waals surface area contributed by atoms with Gasteiger partial charge in [-0.15, -0.1) is 0 Å². The lowest BCUT2D eigenvalue weighted by molar-refractivity contribution is -0.118. The number of aliphatic hydroxyl groups is 2. The Morgan fingerprint density at radius 2 is 2.12 bits per heavy atom. The molecule has 0 aromatic heterocycles. The molecule has 0 aliphatic carbocycles. The van der Waals surface area contributed by atoms with Gasteiger partial charge in [0.1, 0.15) is 23.0 Å². The van der Waals surface area contributed by atoms with Gasteiger partial charge in [0.2, 0.25) is 0 Å². The lowest BCUT2D eigenvalue weighted by atomic mass is 9.83. The van der Waals surface area contributed by atoms with Gasteiger partial charge in [-0.05, 0) is 19.4 Å². The highest BCUT2D eigenvalue weighted by Gasteiger charge is 2.46. The van der Waals surface area contributed by atoms with Crippen molar-refractivity contribution in [1.82, 2.24) is 0 Å². The van der Waals surface area contributed by atoms with E-state index in [0.717, 1.165) is 0 Å². The molecule has 2 rings (SSSR count). The molecule has 2 unspecified atom stereocenters. The number of cyclic esters (lactones) is 1. The van der Waals surface area contributed by atoms with Crippen LogP contribution in [0.2, 0.25) is 0 Å². The summed E-state index contributed by atoms with van der Waals surface area (Å²) >= 11 is 0. The Morgan fingerprint density at radius 1 is 1.47 bits per heavy atom. The number of esters is 1. The first-order valence-corrected chi connectivity index (χ1v) is 5.29. The van der Waals surface area contributed by atoms with Crippen LogP contribution in [0.3, 0.4) is 0 Å². The lowest BCUT2D eigenvalue weighted by Crippen LogP contribution is -2.48. The van der Waals surface area contributed by atoms with E-state index in [-0.39, 0.29) is 16.9 Å². The highest BCUT2D eigenvalue weighted by atomic mass is 16.6. The van der Waals surface area contributed by atoms with Gasteiger partial charge in [-0.2, -0.15) is 0 Å². The average Bonchev–Trinajstić information content (AvgIpc) is 2.29. The molecule has 0 bridgehead atoms. The number of phenolic OH excluding ortho intramolecular Hbond substituents is 1. The topological polar surface area (TPSA) is 87.0 Å². The number of fused-ring (bicyclic) bond motifs is 1. The largest absolute Gasteiger partial charge is 0.507 e. The van der Waals surface area contributed by atoms with Crippen molar-refractivity contribution < 1.29 is 24.9 Å². The Bertz CT molecular complexity index is 482. The Kier molecular flexibility index (Phi) is 2.60. The molecule has 3 N–H and O–H groups in total. The van der Waals surface area contributed by atoms with E-state index in [1.54, 1.807) is 13.0 Å². The minimum absolute atomic E-state index is 0.0698. The summed E-state index contributed by atoms with van der Waals surface area (Å²) in [6.45, 7) is 2.55. The molecule has 1 heterocycles. The maximum Gasteiger partial charge on any atom is 0.342 e. The first kappa shape index (κ1) is 11.9. The standard InChI is InChI=1S/C12H14O5/c1-6-3-4-8-9(10(6)14)11(15)17-7(2)12(8,16)5-13/h3-4,7,13-14,16H,5H2,1-2H3. The van der Waals surface area contributed by atoms with E-state index in [9.17, 15) is 20.1 Å². The zero-order chi connectivity index (χ0) is 12.8. The van der Waals surface area contributed by atoms with E-state index in [2.05, 4.69) is 0 Å². The van der Waals surface area contributed by atoms with Gasteiger partial charge in [-0.1, -0.05) is 12.1 Å². The number of ether oxygens (including phenoxy) is 1. The number of carbonyl (C=O) groups is 1. The van der Waals surface area contributed by atoms with Gasteiger partial charge in [-0.3, -0.25) is 0 Å². The number of benzene rings is 1. The minimum Gasteiger partial charge on any atom is -0.507 e.